The molecule has 1 aromatic heterocycles. The minimum Gasteiger partial charge on any atom is -0.490 e. The van der Waals surface area contributed by atoms with Crippen LogP contribution < -0.4 is 15.2 Å². The first kappa shape index (κ1) is 21.4. The van der Waals surface area contributed by atoms with Gasteiger partial charge in [0, 0.05) is 18.1 Å². The second kappa shape index (κ2) is 8.99. The van der Waals surface area contributed by atoms with Crippen molar-refractivity contribution in [2.45, 2.75) is 45.8 Å². The lowest BCUT2D eigenvalue weighted by atomic mass is 9.95. The monoisotopic (exact) mass is 410 g/mol. The van der Waals surface area contributed by atoms with Crippen LogP contribution in [0.2, 0.25) is 0 Å². The molecule has 0 radical (unpaired) electrons. The molecular weight excluding hydrogens is 384 g/mol. The molecule has 2 atom stereocenters. The van der Waals surface area contributed by atoms with E-state index in [1.807, 2.05) is 19.9 Å². The number of nitrogens with two attached hydrogens (primary N) is 1. The number of carbonyl (C=O) groups excluding carboxylic acids is 2. The Labute approximate surface area is 175 Å². The third kappa shape index (κ3) is 4.62. The van der Waals surface area contributed by atoms with Crippen molar-refractivity contribution in [2.75, 3.05) is 13.1 Å². The average Bonchev–Trinajstić information content (AvgIpc) is 2.69. The summed E-state index contributed by atoms with van der Waals surface area (Å²) in [5.41, 5.74) is 5.83. The van der Waals surface area contributed by atoms with E-state index in [-0.39, 0.29) is 30.5 Å². The number of pyridine rings is 1. The van der Waals surface area contributed by atoms with E-state index in [4.69, 9.17) is 20.5 Å². The molecule has 0 bridgehead atoms. The van der Waals surface area contributed by atoms with Crippen LogP contribution in [-0.4, -0.2) is 47.0 Å². The highest BCUT2D eigenvalue weighted by Gasteiger charge is 2.31. The predicted octanol–water partition coefficient (Wildman–Crippen LogP) is 2.65. The summed E-state index contributed by atoms with van der Waals surface area (Å²) in [5, 5.41) is 10.3. The van der Waals surface area contributed by atoms with Gasteiger partial charge in [0.25, 0.3) is 5.91 Å². The first-order chi connectivity index (χ1) is 14.3. The Morgan fingerprint density at radius 3 is 2.83 bits per heavy atom. The largest absolute Gasteiger partial charge is 0.490 e. The predicted molar refractivity (Wildman–Crippen MR) is 111 cm³/mol. The molecule has 1 aliphatic heterocycles. The molecule has 1 aliphatic rings. The van der Waals surface area contributed by atoms with Crippen molar-refractivity contribution in [1.82, 2.24) is 9.88 Å². The van der Waals surface area contributed by atoms with Gasteiger partial charge < -0.3 is 20.1 Å². The third-order valence-corrected chi connectivity index (χ3v) is 5.19. The van der Waals surface area contributed by atoms with Gasteiger partial charge in [0.2, 0.25) is 11.8 Å². The molecule has 8 heteroatoms. The van der Waals surface area contributed by atoms with E-state index in [2.05, 4.69) is 11.9 Å². The number of fused-ring (bicyclic) bond motifs is 1. The molecule has 2 N–H and O–H groups in total. The highest BCUT2D eigenvalue weighted by atomic mass is 16.5. The quantitative estimate of drug-likeness (QED) is 0.782. The number of nitrogens with zero attached hydrogens (tertiary/aromatic N) is 3. The molecular formula is C22H26N4O4. The van der Waals surface area contributed by atoms with Crippen molar-refractivity contribution in [2.24, 2.45) is 11.7 Å². The zero-order valence-corrected chi connectivity index (χ0v) is 17.4. The van der Waals surface area contributed by atoms with Crippen molar-refractivity contribution < 1.29 is 19.1 Å². The highest BCUT2D eigenvalue weighted by molar-refractivity contribution is 6.01. The normalized spacial score (nSPS) is 18.8. The zero-order chi connectivity index (χ0) is 21.8. The van der Waals surface area contributed by atoms with E-state index < -0.39 is 5.91 Å². The van der Waals surface area contributed by atoms with Crippen LogP contribution in [0.4, 0.5) is 0 Å². The number of hydrogen-bond donors (Lipinski definition) is 1. The molecule has 1 aromatic carbocycles. The first-order valence-electron chi connectivity index (χ1n) is 10.0. The maximum absolute atomic E-state index is 12.1. The lowest BCUT2D eigenvalue weighted by Crippen LogP contribution is -2.48. The molecule has 0 saturated carbocycles. The lowest BCUT2D eigenvalue weighted by molar-refractivity contribution is -0.133. The Morgan fingerprint density at radius 1 is 1.40 bits per heavy atom. The molecule has 3 rings (SSSR count). The summed E-state index contributed by atoms with van der Waals surface area (Å²) in [5.74, 6) is 0.236. The van der Waals surface area contributed by atoms with Crippen LogP contribution in [0.25, 0.3) is 10.8 Å². The molecule has 158 valence electrons. The fourth-order valence-electron chi connectivity index (χ4n) is 3.55. The Hall–Kier alpha value is -3.34. The van der Waals surface area contributed by atoms with Crippen molar-refractivity contribution in [3.63, 3.8) is 0 Å². The van der Waals surface area contributed by atoms with Crippen LogP contribution in [0.5, 0.6) is 11.6 Å². The van der Waals surface area contributed by atoms with Gasteiger partial charge in [0.1, 0.15) is 18.3 Å². The topological polar surface area (TPSA) is 119 Å². The molecule has 8 nitrogen and oxygen atoms in total. The Morgan fingerprint density at radius 2 is 2.17 bits per heavy atom. The average molecular weight is 410 g/mol. The number of ether oxygens (including phenoxy) is 2. The third-order valence-electron chi connectivity index (χ3n) is 5.19. The smallest absolute Gasteiger partial charge is 0.252 e. The second-order valence-corrected chi connectivity index (χ2v) is 7.81. The maximum Gasteiger partial charge on any atom is 0.252 e. The molecule has 0 spiro atoms. The summed E-state index contributed by atoms with van der Waals surface area (Å²) in [6.45, 7) is 6.81. The molecule has 1 saturated heterocycles. The Kier molecular flexibility index (Phi) is 6.40. The van der Waals surface area contributed by atoms with E-state index in [1.165, 1.54) is 0 Å². The molecule has 1 fully saturated rings. The summed E-state index contributed by atoms with van der Waals surface area (Å²) >= 11 is 0. The number of likely N-dealkylation sites (tertiary alicyclic amines) is 1. The van der Waals surface area contributed by atoms with Crippen molar-refractivity contribution in [3.05, 3.63) is 30.0 Å². The second-order valence-electron chi connectivity index (χ2n) is 7.81. The van der Waals surface area contributed by atoms with Crippen LogP contribution in [0, 0.1) is 17.2 Å². The Balaban J connectivity index is 1.94. The van der Waals surface area contributed by atoms with Gasteiger partial charge in [-0.15, -0.1) is 0 Å². The fraction of sp³-hybridized carbons (Fsp3) is 0.455. The minimum atomic E-state index is -0.570. The highest BCUT2D eigenvalue weighted by Crippen LogP contribution is 2.33. The number of rotatable bonds is 6. The summed E-state index contributed by atoms with van der Waals surface area (Å²) in [6.07, 6.45) is 1.85. The van der Waals surface area contributed by atoms with Crippen molar-refractivity contribution in [1.29, 1.82) is 5.26 Å². The number of nitriles is 1. The van der Waals surface area contributed by atoms with Gasteiger partial charge in [-0.05, 0) is 49.8 Å². The van der Waals surface area contributed by atoms with Gasteiger partial charge in [-0.1, -0.05) is 6.92 Å². The molecule has 2 heterocycles. The number of primary amides is 1. The minimum absolute atomic E-state index is 0.139. The summed E-state index contributed by atoms with van der Waals surface area (Å²) < 4.78 is 12.0. The standard InChI is InChI=1S/C22H26N4O4/c1-13(2)29-18-11-16-15(10-17(18)21(24)28)5-8-25-22(16)30-19-12-26(9-6-14(19)3)20(27)4-7-23/h5,8,10-11,13-14,19H,4,6,9,12H2,1-3H3,(H2,24,28)/t14-,19-/m0/s1. The van der Waals surface area contributed by atoms with Crippen LogP contribution >= 0.6 is 0 Å². The lowest BCUT2D eigenvalue weighted by Gasteiger charge is -2.36. The number of carbonyl (C=O) groups is 2. The summed E-state index contributed by atoms with van der Waals surface area (Å²) in [6, 6.07) is 7.09. The van der Waals surface area contributed by atoms with Crippen LogP contribution in [0.3, 0.4) is 0 Å². The van der Waals surface area contributed by atoms with Gasteiger partial charge in [-0.3, -0.25) is 9.59 Å². The molecule has 2 amide bonds. The maximum atomic E-state index is 12.1. The van der Waals surface area contributed by atoms with Gasteiger partial charge in [0.15, 0.2) is 0 Å². The first-order valence-corrected chi connectivity index (χ1v) is 10.0. The van der Waals surface area contributed by atoms with E-state index in [1.54, 1.807) is 29.3 Å². The SMILES string of the molecule is CC(C)Oc1cc2c(O[C@H]3CN(C(=O)CC#N)CC[C@@H]3C)nccc2cc1C(N)=O. The van der Waals surface area contributed by atoms with Crippen molar-refractivity contribution in [3.8, 4) is 17.7 Å². The Bertz CT molecular complexity index is 999. The van der Waals surface area contributed by atoms with Gasteiger partial charge in [0.05, 0.1) is 24.3 Å². The summed E-state index contributed by atoms with van der Waals surface area (Å²) in [7, 11) is 0. The molecule has 0 unspecified atom stereocenters. The van der Waals surface area contributed by atoms with Crippen LogP contribution in [-0.2, 0) is 4.79 Å². The number of aromatic nitrogens is 1. The van der Waals surface area contributed by atoms with Crippen molar-refractivity contribution >= 4 is 22.6 Å². The van der Waals surface area contributed by atoms with Crippen LogP contribution in [0.1, 0.15) is 44.0 Å². The van der Waals surface area contributed by atoms with Gasteiger partial charge in [-0.25, -0.2) is 4.98 Å². The fourth-order valence-corrected chi connectivity index (χ4v) is 3.55. The number of amides is 2. The molecule has 30 heavy (non-hydrogen) atoms. The summed E-state index contributed by atoms with van der Waals surface area (Å²) in [4.78, 5) is 30.1. The number of benzene rings is 1. The number of hydrogen-bond acceptors (Lipinski definition) is 6. The van der Waals surface area contributed by atoms with E-state index in [9.17, 15) is 9.59 Å². The van der Waals surface area contributed by atoms with E-state index in [0.29, 0.717) is 35.7 Å². The zero-order valence-electron chi connectivity index (χ0n) is 17.4. The van der Waals surface area contributed by atoms with E-state index in [0.717, 1.165) is 11.8 Å². The van der Waals surface area contributed by atoms with E-state index >= 15 is 0 Å². The molecule has 2 aromatic rings. The van der Waals surface area contributed by atoms with Crippen LogP contribution in [0.15, 0.2) is 24.4 Å². The van der Waals surface area contributed by atoms with Gasteiger partial charge >= 0.3 is 0 Å². The number of piperidine rings is 1. The molecule has 0 aliphatic carbocycles. The van der Waals surface area contributed by atoms with Gasteiger partial charge in [-0.2, -0.15) is 5.26 Å².